The van der Waals surface area contributed by atoms with E-state index in [0.29, 0.717) is 34.6 Å². The minimum absolute atomic E-state index is 0.405. The summed E-state index contributed by atoms with van der Waals surface area (Å²) in [5, 5.41) is 9.21. The summed E-state index contributed by atoms with van der Waals surface area (Å²) >= 11 is 0. The molecular weight excluding hydrogens is 374 g/mol. The molecule has 7 nitrogen and oxygen atoms in total. The Morgan fingerprint density at radius 3 is 2.61 bits per heavy atom. The van der Waals surface area contributed by atoms with Crippen LogP contribution < -0.4 is 4.72 Å². The van der Waals surface area contributed by atoms with Crippen LogP contribution in [0.15, 0.2) is 42.9 Å². The number of anilines is 1. The summed E-state index contributed by atoms with van der Waals surface area (Å²) in [6.45, 7) is 3.72. The van der Waals surface area contributed by atoms with Crippen molar-refractivity contribution in [3.8, 4) is 28.5 Å². The third-order valence-corrected chi connectivity index (χ3v) is 4.79. The van der Waals surface area contributed by atoms with E-state index >= 15 is 0 Å². The molecule has 0 aliphatic carbocycles. The second-order valence-corrected chi connectivity index (χ2v) is 8.07. The number of hydrogen-bond acceptors (Lipinski definition) is 6. The van der Waals surface area contributed by atoms with Crippen LogP contribution in [0.25, 0.3) is 22.4 Å². The number of rotatable bonds is 5. The average molecular weight is 393 g/mol. The molecule has 0 aliphatic heterocycles. The summed E-state index contributed by atoms with van der Waals surface area (Å²) in [7, 11) is -3.44. The lowest BCUT2D eigenvalue weighted by Crippen LogP contribution is -2.11. The van der Waals surface area contributed by atoms with E-state index in [1.54, 1.807) is 37.4 Å². The molecule has 0 aliphatic rings. The number of pyridine rings is 1. The van der Waals surface area contributed by atoms with Crippen molar-refractivity contribution in [1.29, 1.82) is 5.26 Å². The first-order valence-electron chi connectivity index (χ1n) is 8.61. The summed E-state index contributed by atoms with van der Waals surface area (Å²) < 4.78 is 25.9. The first-order chi connectivity index (χ1) is 13.3. The molecule has 0 atom stereocenters. The summed E-state index contributed by atoms with van der Waals surface area (Å²) in [5.74, 6) is 0. The lowest BCUT2D eigenvalue weighted by atomic mass is 9.96. The van der Waals surface area contributed by atoms with Crippen LogP contribution >= 0.6 is 0 Å². The van der Waals surface area contributed by atoms with E-state index in [4.69, 9.17) is 0 Å². The minimum atomic E-state index is -3.44. The van der Waals surface area contributed by atoms with Crippen LogP contribution in [0.5, 0.6) is 0 Å². The number of hydrogen-bond donors (Lipinski definition) is 1. The average Bonchev–Trinajstić information content (AvgIpc) is 2.68. The van der Waals surface area contributed by atoms with Crippen molar-refractivity contribution < 1.29 is 8.42 Å². The fourth-order valence-corrected chi connectivity index (χ4v) is 3.53. The molecule has 0 unspecified atom stereocenters. The van der Waals surface area contributed by atoms with E-state index in [-0.39, 0.29) is 0 Å². The Hall–Kier alpha value is -3.31. The molecule has 142 valence electrons. The molecule has 0 spiro atoms. The molecule has 2 aromatic heterocycles. The third kappa shape index (κ3) is 4.15. The van der Waals surface area contributed by atoms with Gasteiger partial charge in [0.1, 0.15) is 6.33 Å². The molecule has 0 bridgehead atoms. The van der Waals surface area contributed by atoms with Gasteiger partial charge in [-0.2, -0.15) is 5.26 Å². The van der Waals surface area contributed by atoms with Gasteiger partial charge < -0.3 is 0 Å². The van der Waals surface area contributed by atoms with Gasteiger partial charge in [0.2, 0.25) is 10.0 Å². The second-order valence-electron chi connectivity index (χ2n) is 6.32. The second kappa shape index (κ2) is 7.74. The van der Waals surface area contributed by atoms with Gasteiger partial charge in [0.05, 0.1) is 40.7 Å². The number of benzene rings is 1. The number of aromatic nitrogens is 3. The number of sulfonamides is 1. The maximum Gasteiger partial charge on any atom is 0.229 e. The molecule has 3 aromatic rings. The highest BCUT2D eigenvalue weighted by molar-refractivity contribution is 7.92. The first kappa shape index (κ1) is 19.5. The lowest BCUT2D eigenvalue weighted by molar-refractivity contribution is 0.606. The standard InChI is InChI=1S/C20H19N5O2S/c1-4-17-19(16-9-18(13(2)22-11-16)25-28(3,26)27)20(24-12-23-17)15-7-5-6-14(8-15)10-21/h5-9,11-12,25H,4H2,1-3H3. The Morgan fingerprint density at radius 2 is 1.93 bits per heavy atom. The molecule has 1 aromatic carbocycles. The summed E-state index contributed by atoms with van der Waals surface area (Å²) in [6.07, 6.45) is 4.93. The van der Waals surface area contributed by atoms with Crippen molar-refractivity contribution in [3.05, 3.63) is 59.8 Å². The molecule has 0 amide bonds. The number of nitrogens with zero attached hydrogens (tertiary/aromatic N) is 4. The Bertz CT molecular complexity index is 1180. The summed E-state index contributed by atoms with van der Waals surface area (Å²) in [6, 6.07) is 11.0. The fourth-order valence-electron chi connectivity index (χ4n) is 2.92. The van der Waals surface area contributed by atoms with Crippen molar-refractivity contribution in [2.24, 2.45) is 0 Å². The van der Waals surface area contributed by atoms with E-state index in [2.05, 4.69) is 25.7 Å². The van der Waals surface area contributed by atoms with Crippen molar-refractivity contribution in [2.75, 3.05) is 11.0 Å². The van der Waals surface area contributed by atoms with Gasteiger partial charge in [-0.25, -0.2) is 18.4 Å². The lowest BCUT2D eigenvalue weighted by Gasteiger charge is -2.15. The van der Waals surface area contributed by atoms with Gasteiger partial charge >= 0.3 is 0 Å². The van der Waals surface area contributed by atoms with Crippen LogP contribution in [0.2, 0.25) is 0 Å². The monoisotopic (exact) mass is 393 g/mol. The smallest absolute Gasteiger partial charge is 0.229 e. The van der Waals surface area contributed by atoms with E-state index in [1.807, 2.05) is 13.0 Å². The van der Waals surface area contributed by atoms with Gasteiger partial charge in [-0.15, -0.1) is 0 Å². The third-order valence-electron chi connectivity index (χ3n) is 4.20. The van der Waals surface area contributed by atoms with E-state index in [0.717, 1.165) is 23.1 Å². The van der Waals surface area contributed by atoms with Crippen molar-refractivity contribution in [2.45, 2.75) is 20.3 Å². The highest BCUT2D eigenvalue weighted by Gasteiger charge is 2.17. The molecular formula is C20H19N5O2S. The van der Waals surface area contributed by atoms with Crippen LogP contribution in [0.4, 0.5) is 5.69 Å². The Labute approximate surface area is 164 Å². The molecule has 8 heteroatoms. The topological polar surface area (TPSA) is 109 Å². The van der Waals surface area contributed by atoms with Gasteiger partial charge in [0.15, 0.2) is 0 Å². The van der Waals surface area contributed by atoms with Crippen molar-refractivity contribution in [1.82, 2.24) is 15.0 Å². The SMILES string of the molecule is CCc1ncnc(-c2cccc(C#N)c2)c1-c1cnc(C)c(NS(C)(=O)=O)c1. The molecule has 0 fully saturated rings. The van der Waals surface area contributed by atoms with Gasteiger partial charge in [-0.3, -0.25) is 9.71 Å². The van der Waals surface area contributed by atoms with E-state index in [1.165, 1.54) is 6.33 Å². The molecule has 28 heavy (non-hydrogen) atoms. The molecule has 0 saturated heterocycles. The maximum atomic E-state index is 11.7. The predicted octanol–water partition coefficient (Wildman–Crippen LogP) is 3.32. The Morgan fingerprint density at radius 1 is 1.14 bits per heavy atom. The zero-order valence-corrected chi connectivity index (χ0v) is 16.6. The molecule has 1 N–H and O–H groups in total. The Balaban J connectivity index is 2.24. The van der Waals surface area contributed by atoms with Crippen LogP contribution in [0, 0.1) is 18.3 Å². The number of nitrogens with one attached hydrogen (secondary N) is 1. The highest BCUT2D eigenvalue weighted by Crippen LogP contribution is 2.34. The van der Waals surface area contributed by atoms with Gasteiger partial charge in [-0.05, 0) is 31.5 Å². The summed E-state index contributed by atoms with van der Waals surface area (Å²) in [4.78, 5) is 13.2. The van der Waals surface area contributed by atoms with Crippen LogP contribution in [-0.4, -0.2) is 29.6 Å². The van der Waals surface area contributed by atoms with Crippen LogP contribution in [-0.2, 0) is 16.4 Å². The predicted molar refractivity (Wildman–Crippen MR) is 108 cm³/mol. The van der Waals surface area contributed by atoms with Gasteiger partial charge in [0, 0.05) is 22.9 Å². The van der Waals surface area contributed by atoms with Crippen LogP contribution in [0.1, 0.15) is 23.9 Å². The van der Waals surface area contributed by atoms with E-state index in [9.17, 15) is 13.7 Å². The largest absolute Gasteiger partial charge is 0.282 e. The Kier molecular flexibility index (Phi) is 5.38. The normalized spacial score (nSPS) is 11.1. The zero-order valence-electron chi connectivity index (χ0n) is 15.8. The first-order valence-corrected chi connectivity index (χ1v) is 10.5. The number of aryl methyl sites for hydroxylation is 2. The van der Waals surface area contributed by atoms with Gasteiger partial charge in [-0.1, -0.05) is 19.1 Å². The van der Waals surface area contributed by atoms with E-state index < -0.39 is 10.0 Å². The molecule has 2 heterocycles. The molecule has 0 saturated carbocycles. The molecule has 3 rings (SSSR count). The highest BCUT2D eigenvalue weighted by atomic mass is 32.2. The number of nitriles is 1. The molecule has 0 radical (unpaired) electrons. The van der Waals surface area contributed by atoms with Crippen molar-refractivity contribution >= 4 is 15.7 Å². The summed E-state index contributed by atoms with van der Waals surface area (Å²) in [5.41, 5.74) is 5.23. The van der Waals surface area contributed by atoms with Crippen LogP contribution in [0.3, 0.4) is 0 Å². The quantitative estimate of drug-likeness (QED) is 0.712. The van der Waals surface area contributed by atoms with Gasteiger partial charge in [0.25, 0.3) is 0 Å². The minimum Gasteiger partial charge on any atom is -0.282 e. The maximum absolute atomic E-state index is 11.7. The zero-order chi connectivity index (χ0) is 20.3. The fraction of sp³-hybridized carbons (Fsp3) is 0.200. The van der Waals surface area contributed by atoms with Crippen molar-refractivity contribution in [3.63, 3.8) is 0 Å².